The molecule has 1 fully saturated rings. The van der Waals surface area contributed by atoms with Crippen molar-refractivity contribution in [3.63, 3.8) is 0 Å². The van der Waals surface area contributed by atoms with E-state index in [9.17, 15) is 27.2 Å². The van der Waals surface area contributed by atoms with E-state index >= 15 is 0 Å². The zero-order chi connectivity index (χ0) is 30.8. The number of esters is 1. The molecule has 16 heteroatoms. The van der Waals surface area contributed by atoms with Crippen molar-refractivity contribution in [3.8, 4) is 17.0 Å². The molecule has 226 valence electrons. The second-order valence-electron chi connectivity index (χ2n) is 9.76. The van der Waals surface area contributed by atoms with E-state index in [2.05, 4.69) is 30.9 Å². The van der Waals surface area contributed by atoms with Crippen molar-refractivity contribution < 1.29 is 41.1 Å². The molecule has 1 saturated carbocycles. The molecule has 0 atom stereocenters. The minimum absolute atomic E-state index is 0.0657. The number of amides is 1. The number of methoxy groups -OCH3 is 1. The van der Waals surface area contributed by atoms with E-state index in [1.54, 1.807) is 12.3 Å². The van der Waals surface area contributed by atoms with Crippen molar-refractivity contribution in [2.75, 3.05) is 24.4 Å². The summed E-state index contributed by atoms with van der Waals surface area (Å²) >= 11 is 0. The van der Waals surface area contributed by atoms with Crippen LogP contribution in [0, 0.1) is 5.82 Å². The van der Waals surface area contributed by atoms with Gasteiger partial charge in [0.15, 0.2) is 11.6 Å². The number of benzene rings is 1. The Labute approximate surface area is 241 Å². The SMILES string of the molecule is COc1nn(CCOC(C)=O)cc1Nc1ncc(-c2ccc(CC(=O)Nc3cc(C4(C(F)(F)F)CC4)on3)c(F)c2)cn1. The van der Waals surface area contributed by atoms with Crippen LogP contribution < -0.4 is 15.4 Å². The fraction of sp³-hybridized carbons (Fsp3) is 0.333. The lowest BCUT2D eigenvalue weighted by molar-refractivity contribution is -0.165. The van der Waals surface area contributed by atoms with Gasteiger partial charge in [0, 0.05) is 30.9 Å². The number of ether oxygens (including phenoxy) is 2. The molecule has 5 rings (SSSR count). The summed E-state index contributed by atoms with van der Waals surface area (Å²) in [7, 11) is 1.45. The summed E-state index contributed by atoms with van der Waals surface area (Å²) in [6.45, 7) is 1.76. The number of nitrogens with one attached hydrogen (secondary N) is 2. The van der Waals surface area contributed by atoms with Crippen LogP contribution in [0.5, 0.6) is 5.88 Å². The van der Waals surface area contributed by atoms with Crippen molar-refractivity contribution in [2.24, 2.45) is 0 Å². The predicted molar refractivity (Wildman–Crippen MR) is 142 cm³/mol. The number of anilines is 3. The Morgan fingerprint density at radius 3 is 2.51 bits per heavy atom. The molecule has 2 N–H and O–H groups in total. The highest BCUT2D eigenvalue weighted by molar-refractivity contribution is 5.91. The van der Waals surface area contributed by atoms with Crippen molar-refractivity contribution in [1.82, 2.24) is 24.9 Å². The monoisotopic (exact) mass is 603 g/mol. The van der Waals surface area contributed by atoms with Crippen LogP contribution in [0.1, 0.15) is 31.1 Å². The predicted octanol–water partition coefficient (Wildman–Crippen LogP) is 4.56. The maximum atomic E-state index is 14.9. The Bertz CT molecular complexity index is 1630. The van der Waals surface area contributed by atoms with Crippen LogP contribution in [0.25, 0.3) is 11.1 Å². The molecule has 0 aliphatic heterocycles. The third-order valence-electron chi connectivity index (χ3n) is 6.72. The Kier molecular flexibility index (Phi) is 8.02. The number of alkyl halides is 3. The van der Waals surface area contributed by atoms with Gasteiger partial charge >= 0.3 is 12.1 Å². The lowest BCUT2D eigenvalue weighted by atomic mass is 10.0. The maximum absolute atomic E-state index is 14.9. The maximum Gasteiger partial charge on any atom is 0.401 e. The highest BCUT2D eigenvalue weighted by Gasteiger charge is 2.66. The Balaban J connectivity index is 1.19. The van der Waals surface area contributed by atoms with Gasteiger partial charge < -0.3 is 24.6 Å². The Morgan fingerprint density at radius 1 is 1.14 bits per heavy atom. The first-order valence-corrected chi connectivity index (χ1v) is 12.9. The summed E-state index contributed by atoms with van der Waals surface area (Å²) in [6, 6.07) is 5.27. The first-order chi connectivity index (χ1) is 20.5. The van der Waals surface area contributed by atoms with Gasteiger partial charge in [-0.1, -0.05) is 17.3 Å². The molecule has 12 nitrogen and oxygen atoms in total. The van der Waals surface area contributed by atoms with Crippen LogP contribution in [0.15, 0.2) is 47.4 Å². The van der Waals surface area contributed by atoms with Gasteiger partial charge in [0.1, 0.15) is 23.5 Å². The Hall–Kier alpha value is -5.02. The number of carbonyl (C=O) groups excluding carboxylic acids is 2. The molecule has 1 aromatic carbocycles. The normalized spacial score (nSPS) is 13.8. The average Bonchev–Trinajstić information content (AvgIpc) is 3.51. The minimum atomic E-state index is -4.48. The van der Waals surface area contributed by atoms with Crippen molar-refractivity contribution in [1.29, 1.82) is 0 Å². The summed E-state index contributed by atoms with van der Waals surface area (Å²) in [6.07, 6.45) is -0.491. The molecule has 0 saturated heterocycles. The second-order valence-corrected chi connectivity index (χ2v) is 9.76. The van der Waals surface area contributed by atoms with Crippen LogP contribution in [-0.4, -0.2) is 56.7 Å². The zero-order valence-corrected chi connectivity index (χ0v) is 22.9. The topological polar surface area (TPSA) is 146 Å². The molecule has 3 aromatic heterocycles. The highest BCUT2D eigenvalue weighted by atomic mass is 19.4. The molecule has 0 radical (unpaired) electrons. The second kappa shape index (κ2) is 11.7. The standard InChI is InChI=1S/C27H25F4N7O5/c1-15(39)42-8-7-38-14-20(24(36-38)41-2)34-25-32-12-18(13-33-25)16-3-4-17(19(28)9-16)10-23(40)35-22-11-21(43-37-22)26(5-6-26)27(29,30)31/h3-4,9,11-14H,5-8,10H2,1-2H3,(H,32,33,34)(H,35,37,40). The fourth-order valence-electron chi connectivity index (χ4n) is 4.28. The number of nitrogens with zero attached hydrogens (tertiary/aromatic N) is 5. The van der Waals surface area contributed by atoms with Crippen LogP contribution >= 0.6 is 0 Å². The fourth-order valence-corrected chi connectivity index (χ4v) is 4.28. The lowest BCUT2D eigenvalue weighted by Gasteiger charge is -2.14. The number of hydrogen-bond donors (Lipinski definition) is 2. The molecule has 4 aromatic rings. The average molecular weight is 604 g/mol. The quantitative estimate of drug-likeness (QED) is 0.185. The van der Waals surface area contributed by atoms with Gasteiger partial charge in [-0.2, -0.15) is 13.2 Å². The minimum Gasteiger partial charge on any atom is -0.478 e. The molecule has 1 aliphatic carbocycles. The van der Waals surface area contributed by atoms with Crippen LogP contribution in [0.3, 0.4) is 0 Å². The first-order valence-electron chi connectivity index (χ1n) is 12.9. The summed E-state index contributed by atoms with van der Waals surface area (Å²) in [5, 5.41) is 13.1. The molecular weight excluding hydrogens is 578 g/mol. The van der Waals surface area contributed by atoms with E-state index in [0.717, 1.165) is 6.07 Å². The smallest absolute Gasteiger partial charge is 0.401 e. The summed E-state index contributed by atoms with van der Waals surface area (Å²) in [4.78, 5) is 31.9. The number of rotatable bonds is 11. The van der Waals surface area contributed by atoms with E-state index in [4.69, 9.17) is 14.0 Å². The van der Waals surface area contributed by atoms with Crippen LogP contribution in [-0.2, 0) is 32.7 Å². The number of aromatic nitrogens is 5. The van der Waals surface area contributed by atoms with Gasteiger partial charge in [-0.05, 0) is 30.0 Å². The molecule has 0 unspecified atom stereocenters. The van der Waals surface area contributed by atoms with Gasteiger partial charge in [-0.3, -0.25) is 14.3 Å². The zero-order valence-electron chi connectivity index (χ0n) is 22.9. The van der Waals surface area contributed by atoms with Gasteiger partial charge in [0.2, 0.25) is 11.9 Å². The number of hydrogen-bond acceptors (Lipinski definition) is 10. The molecule has 0 spiro atoms. The third-order valence-corrected chi connectivity index (χ3v) is 6.72. The number of halogens is 4. The van der Waals surface area contributed by atoms with Gasteiger partial charge in [0.25, 0.3) is 5.88 Å². The Morgan fingerprint density at radius 2 is 1.88 bits per heavy atom. The van der Waals surface area contributed by atoms with E-state index in [-0.39, 0.29) is 54.8 Å². The van der Waals surface area contributed by atoms with Crippen LogP contribution in [0.2, 0.25) is 0 Å². The van der Waals surface area contributed by atoms with Crippen LogP contribution in [0.4, 0.5) is 35.0 Å². The molecule has 1 aliphatic rings. The van der Waals surface area contributed by atoms with Gasteiger partial charge in [-0.25, -0.2) is 14.4 Å². The molecule has 43 heavy (non-hydrogen) atoms. The first kappa shape index (κ1) is 29.5. The van der Waals surface area contributed by atoms with E-state index in [1.165, 1.54) is 43.2 Å². The van der Waals surface area contributed by atoms with Gasteiger partial charge in [0.05, 0.1) is 26.3 Å². The van der Waals surface area contributed by atoms with E-state index in [1.807, 2.05) is 0 Å². The lowest BCUT2D eigenvalue weighted by Crippen LogP contribution is -2.28. The largest absolute Gasteiger partial charge is 0.478 e. The molecule has 0 bridgehead atoms. The highest BCUT2D eigenvalue weighted by Crippen LogP contribution is 2.59. The van der Waals surface area contributed by atoms with Crippen molar-refractivity contribution in [2.45, 2.75) is 44.3 Å². The molecule has 1 amide bonds. The number of carbonyl (C=O) groups is 2. The van der Waals surface area contributed by atoms with Crippen molar-refractivity contribution in [3.05, 3.63) is 60.0 Å². The third kappa shape index (κ3) is 6.57. The van der Waals surface area contributed by atoms with E-state index in [0.29, 0.717) is 23.4 Å². The summed E-state index contributed by atoms with van der Waals surface area (Å²) < 4.78 is 71.3. The van der Waals surface area contributed by atoms with E-state index < -0.39 is 29.3 Å². The molecule has 3 heterocycles. The van der Waals surface area contributed by atoms with Gasteiger partial charge in [-0.15, -0.1) is 5.10 Å². The van der Waals surface area contributed by atoms with Crippen molar-refractivity contribution >= 4 is 29.3 Å². The summed E-state index contributed by atoms with van der Waals surface area (Å²) in [5.41, 5.74) is -0.575. The summed E-state index contributed by atoms with van der Waals surface area (Å²) in [5.74, 6) is -1.79. The molecular formula is C27H25F4N7O5.